The van der Waals surface area contributed by atoms with E-state index in [2.05, 4.69) is 15.3 Å². The van der Waals surface area contributed by atoms with Crippen LogP contribution in [0.25, 0.3) is 0 Å². The molecule has 1 aromatic heterocycles. The van der Waals surface area contributed by atoms with Gasteiger partial charge in [0.1, 0.15) is 11.4 Å². The summed E-state index contributed by atoms with van der Waals surface area (Å²) in [6.07, 6.45) is 2.39. The van der Waals surface area contributed by atoms with Gasteiger partial charge in [0.2, 0.25) is 5.95 Å². The highest BCUT2D eigenvalue weighted by Gasteiger charge is 2.22. The third-order valence-electron chi connectivity index (χ3n) is 4.26. The number of nitrogens with zero attached hydrogens (tertiary/aromatic N) is 5. The molecule has 0 radical (unpaired) electrons. The predicted octanol–water partition coefficient (Wildman–Crippen LogP) is 2.70. The van der Waals surface area contributed by atoms with Crippen molar-refractivity contribution in [3.05, 3.63) is 40.2 Å². The van der Waals surface area contributed by atoms with E-state index < -0.39 is 10.9 Å². The SMILES string of the molecule is COc1cc(N(C)CCN(C)C)c([N+](=O)[O-])cc1Nc1ncc(C(=O)OC(C)C)cn1. The monoisotopic (exact) mass is 432 g/mol. The maximum atomic E-state index is 11.9. The van der Waals surface area contributed by atoms with Crippen molar-refractivity contribution in [1.29, 1.82) is 0 Å². The molecule has 0 amide bonds. The second-order valence-electron chi connectivity index (χ2n) is 7.40. The quantitative estimate of drug-likeness (QED) is 0.340. The largest absolute Gasteiger partial charge is 0.494 e. The average molecular weight is 432 g/mol. The van der Waals surface area contributed by atoms with E-state index in [9.17, 15) is 14.9 Å². The number of carbonyl (C=O) groups excluding carboxylic acids is 1. The third kappa shape index (κ3) is 6.51. The zero-order valence-electron chi connectivity index (χ0n) is 18.6. The third-order valence-corrected chi connectivity index (χ3v) is 4.26. The highest BCUT2D eigenvalue weighted by molar-refractivity contribution is 5.89. The predicted molar refractivity (Wildman–Crippen MR) is 117 cm³/mol. The number of hydrogen-bond acceptors (Lipinski definition) is 10. The van der Waals surface area contributed by atoms with Crippen molar-refractivity contribution in [2.45, 2.75) is 20.0 Å². The zero-order valence-corrected chi connectivity index (χ0v) is 18.6. The van der Waals surface area contributed by atoms with Crippen molar-refractivity contribution in [2.24, 2.45) is 0 Å². The summed E-state index contributed by atoms with van der Waals surface area (Å²) in [6, 6.07) is 2.98. The van der Waals surface area contributed by atoms with Crippen LogP contribution >= 0.6 is 0 Å². The van der Waals surface area contributed by atoms with Crippen molar-refractivity contribution in [3.8, 4) is 5.75 Å². The number of ether oxygens (including phenoxy) is 2. The number of aromatic nitrogens is 2. The van der Waals surface area contributed by atoms with Crippen LogP contribution in [-0.2, 0) is 4.74 Å². The molecule has 0 bridgehead atoms. The molecule has 0 aliphatic rings. The Labute approximate surface area is 181 Å². The molecule has 0 spiro atoms. The molecule has 0 aliphatic carbocycles. The molecule has 0 unspecified atom stereocenters. The summed E-state index contributed by atoms with van der Waals surface area (Å²) in [6.45, 7) is 4.82. The summed E-state index contributed by atoms with van der Waals surface area (Å²) in [5.41, 5.74) is 0.884. The van der Waals surface area contributed by atoms with Crippen molar-refractivity contribution >= 4 is 29.0 Å². The molecule has 2 rings (SSSR count). The van der Waals surface area contributed by atoms with Gasteiger partial charge in [-0.3, -0.25) is 10.1 Å². The number of methoxy groups -OCH3 is 1. The number of rotatable bonds is 10. The maximum Gasteiger partial charge on any atom is 0.341 e. The van der Waals surface area contributed by atoms with Gasteiger partial charge in [-0.1, -0.05) is 0 Å². The highest BCUT2D eigenvalue weighted by atomic mass is 16.6. The molecule has 0 saturated heterocycles. The van der Waals surface area contributed by atoms with Gasteiger partial charge >= 0.3 is 5.97 Å². The van der Waals surface area contributed by atoms with Crippen LogP contribution in [0, 0.1) is 10.1 Å². The number of nitro benzene ring substituents is 1. The van der Waals surface area contributed by atoms with Gasteiger partial charge in [-0.15, -0.1) is 0 Å². The van der Waals surface area contributed by atoms with Gasteiger partial charge in [-0.2, -0.15) is 0 Å². The molecule has 11 heteroatoms. The Kier molecular flexibility index (Phi) is 8.08. The van der Waals surface area contributed by atoms with Crippen LogP contribution in [0.5, 0.6) is 5.75 Å². The Morgan fingerprint density at radius 3 is 2.35 bits per heavy atom. The van der Waals surface area contributed by atoms with Crippen molar-refractivity contribution in [1.82, 2.24) is 14.9 Å². The average Bonchev–Trinajstić information content (AvgIpc) is 2.71. The van der Waals surface area contributed by atoms with Gasteiger partial charge < -0.3 is 24.6 Å². The molecule has 2 aromatic rings. The molecular weight excluding hydrogens is 404 g/mol. The standard InChI is InChI=1S/C20H28N6O5/c1-13(2)31-19(27)14-11-21-20(22-12-14)23-15-9-17(26(28)29)16(10-18(15)30-6)25(5)8-7-24(3)4/h9-13H,7-8H2,1-6H3,(H,21,22,23). The zero-order chi connectivity index (χ0) is 23.1. The van der Waals surface area contributed by atoms with E-state index in [4.69, 9.17) is 9.47 Å². The fraction of sp³-hybridized carbons (Fsp3) is 0.450. The fourth-order valence-electron chi connectivity index (χ4n) is 2.65. The molecule has 0 atom stereocenters. The van der Waals surface area contributed by atoms with Crippen molar-refractivity contribution in [3.63, 3.8) is 0 Å². The summed E-state index contributed by atoms with van der Waals surface area (Å²) in [4.78, 5) is 35.1. The molecule has 1 heterocycles. The van der Waals surface area contributed by atoms with E-state index in [-0.39, 0.29) is 23.3 Å². The Bertz CT molecular complexity index is 917. The highest BCUT2D eigenvalue weighted by Crippen LogP contribution is 2.38. The van der Waals surface area contributed by atoms with Gasteiger partial charge in [0.15, 0.2) is 0 Å². The lowest BCUT2D eigenvalue weighted by Crippen LogP contribution is -2.28. The fourth-order valence-corrected chi connectivity index (χ4v) is 2.65. The van der Waals surface area contributed by atoms with Gasteiger partial charge in [0.25, 0.3) is 5.69 Å². The lowest BCUT2D eigenvalue weighted by Gasteiger charge is -2.22. The van der Waals surface area contributed by atoms with Gasteiger partial charge in [-0.05, 0) is 27.9 Å². The van der Waals surface area contributed by atoms with E-state index in [1.807, 2.05) is 19.0 Å². The van der Waals surface area contributed by atoms with Crippen LogP contribution in [0.3, 0.4) is 0 Å². The van der Waals surface area contributed by atoms with Gasteiger partial charge in [-0.25, -0.2) is 14.8 Å². The molecule has 31 heavy (non-hydrogen) atoms. The van der Waals surface area contributed by atoms with Crippen LogP contribution in [0.2, 0.25) is 0 Å². The van der Waals surface area contributed by atoms with Crippen molar-refractivity contribution < 1.29 is 19.2 Å². The Morgan fingerprint density at radius 2 is 1.84 bits per heavy atom. The topological polar surface area (TPSA) is 123 Å². The first-order valence-electron chi connectivity index (χ1n) is 9.64. The summed E-state index contributed by atoms with van der Waals surface area (Å²) < 4.78 is 10.5. The smallest absolute Gasteiger partial charge is 0.341 e. The van der Waals surface area contributed by atoms with Crippen LogP contribution in [0.1, 0.15) is 24.2 Å². The van der Waals surface area contributed by atoms with E-state index in [0.29, 0.717) is 23.7 Å². The Hall–Kier alpha value is -3.47. The molecule has 0 fully saturated rings. The van der Waals surface area contributed by atoms with Gasteiger partial charge in [0, 0.05) is 44.7 Å². The maximum absolute atomic E-state index is 11.9. The minimum Gasteiger partial charge on any atom is -0.494 e. The van der Waals surface area contributed by atoms with Gasteiger partial charge in [0.05, 0.1) is 29.4 Å². The summed E-state index contributed by atoms with van der Waals surface area (Å²) >= 11 is 0. The van der Waals surface area contributed by atoms with Crippen LogP contribution < -0.4 is 15.0 Å². The second-order valence-corrected chi connectivity index (χ2v) is 7.40. The lowest BCUT2D eigenvalue weighted by atomic mass is 10.2. The molecule has 11 nitrogen and oxygen atoms in total. The minimum absolute atomic E-state index is 0.0818. The number of esters is 1. The number of anilines is 3. The second kappa shape index (κ2) is 10.5. The van der Waals surface area contributed by atoms with Crippen LogP contribution in [0.15, 0.2) is 24.5 Å². The van der Waals surface area contributed by atoms with E-state index in [1.54, 1.807) is 31.9 Å². The van der Waals surface area contributed by atoms with Crippen molar-refractivity contribution in [2.75, 3.05) is 51.6 Å². The Balaban J connectivity index is 2.31. The first kappa shape index (κ1) is 23.8. The number of hydrogen-bond donors (Lipinski definition) is 1. The van der Waals surface area contributed by atoms with E-state index in [0.717, 1.165) is 6.54 Å². The molecular formula is C20H28N6O5. The number of likely N-dealkylation sites (N-methyl/N-ethyl adjacent to an activating group) is 2. The molecule has 0 aliphatic heterocycles. The lowest BCUT2D eigenvalue weighted by molar-refractivity contribution is -0.384. The molecule has 1 N–H and O–H groups in total. The first-order chi connectivity index (χ1) is 14.6. The Morgan fingerprint density at radius 1 is 1.19 bits per heavy atom. The van der Waals surface area contributed by atoms with Crippen LogP contribution in [-0.4, -0.2) is 73.2 Å². The summed E-state index contributed by atoms with van der Waals surface area (Å²) in [7, 11) is 7.13. The van der Waals surface area contributed by atoms with E-state index >= 15 is 0 Å². The number of nitro groups is 1. The summed E-state index contributed by atoms with van der Waals surface area (Å²) in [5.74, 6) is 0.0199. The number of nitrogens with one attached hydrogen (secondary N) is 1. The minimum atomic E-state index is -0.528. The number of carbonyl (C=O) groups is 1. The number of benzene rings is 1. The molecule has 1 aromatic carbocycles. The van der Waals surface area contributed by atoms with E-state index in [1.165, 1.54) is 25.6 Å². The normalized spacial score (nSPS) is 10.8. The summed E-state index contributed by atoms with van der Waals surface area (Å²) in [5, 5.41) is 14.6. The molecule has 168 valence electrons. The molecule has 0 saturated carbocycles. The first-order valence-corrected chi connectivity index (χ1v) is 9.64. The van der Waals surface area contributed by atoms with Crippen LogP contribution in [0.4, 0.5) is 23.0 Å².